The molecule has 0 saturated heterocycles. The minimum atomic E-state index is -0.647. The molecule has 118 valence electrons. The highest BCUT2D eigenvalue weighted by atomic mass is 35.5. The van der Waals surface area contributed by atoms with Crippen molar-refractivity contribution in [2.24, 2.45) is 0 Å². The van der Waals surface area contributed by atoms with Crippen molar-refractivity contribution in [3.8, 4) is 5.75 Å². The van der Waals surface area contributed by atoms with Gasteiger partial charge in [-0.05, 0) is 17.7 Å². The maximum absolute atomic E-state index is 12.6. The molecule has 3 aromatic rings. The van der Waals surface area contributed by atoms with Gasteiger partial charge in [0.1, 0.15) is 0 Å². The normalized spacial score (nSPS) is 11.0. The van der Waals surface area contributed by atoms with Crippen LogP contribution in [0.4, 0.5) is 0 Å². The minimum Gasteiger partial charge on any atom is -0.503 e. The number of aromatic nitrogens is 2. The second-order valence-electron chi connectivity index (χ2n) is 5.09. The molecule has 23 heavy (non-hydrogen) atoms. The number of nitrogens with zero attached hydrogens (tertiary/aromatic N) is 2. The summed E-state index contributed by atoms with van der Waals surface area (Å²) >= 11 is 5.94. The van der Waals surface area contributed by atoms with E-state index in [1.54, 1.807) is 24.3 Å². The number of hydrogen-bond acceptors (Lipinski definition) is 4. The van der Waals surface area contributed by atoms with Crippen LogP contribution >= 0.6 is 11.6 Å². The predicted molar refractivity (Wildman–Crippen MR) is 86.1 cm³/mol. The molecule has 2 heterocycles. The fourth-order valence-corrected chi connectivity index (χ4v) is 2.69. The van der Waals surface area contributed by atoms with E-state index in [4.69, 9.17) is 11.6 Å². The maximum atomic E-state index is 12.6. The lowest BCUT2D eigenvalue weighted by Crippen LogP contribution is -2.26. The summed E-state index contributed by atoms with van der Waals surface area (Å²) in [5.41, 5.74) is -0.183. The fraction of sp³-hybridized carbons (Fsp3) is 0.125. The van der Waals surface area contributed by atoms with E-state index in [2.05, 4.69) is 0 Å². The molecule has 0 aliphatic carbocycles. The second kappa shape index (κ2) is 5.91. The molecule has 0 radical (unpaired) electrons. The highest BCUT2D eigenvalue weighted by molar-refractivity contribution is 6.30. The van der Waals surface area contributed by atoms with Gasteiger partial charge < -0.3 is 19.2 Å². The van der Waals surface area contributed by atoms with Crippen molar-refractivity contribution in [1.82, 2.24) is 8.97 Å². The molecule has 1 aromatic carbocycles. The number of hydrogen-bond donors (Lipinski definition) is 2. The molecule has 0 atom stereocenters. The van der Waals surface area contributed by atoms with E-state index in [0.29, 0.717) is 10.7 Å². The van der Waals surface area contributed by atoms with E-state index in [9.17, 15) is 19.8 Å². The highest BCUT2D eigenvalue weighted by Crippen LogP contribution is 2.14. The van der Waals surface area contributed by atoms with Gasteiger partial charge in [-0.1, -0.05) is 23.7 Å². The van der Waals surface area contributed by atoms with Gasteiger partial charge in [-0.15, -0.1) is 0 Å². The van der Waals surface area contributed by atoms with Crippen LogP contribution in [0.2, 0.25) is 5.02 Å². The van der Waals surface area contributed by atoms with Crippen LogP contribution < -0.4 is 11.0 Å². The maximum Gasteiger partial charge on any atom is 0.279 e. The Bertz CT molecular complexity index is 1010. The van der Waals surface area contributed by atoms with Crippen molar-refractivity contribution >= 4 is 17.1 Å². The van der Waals surface area contributed by atoms with Crippen LogP contribution in [0.25, 0.3) is 5.52 Å². The van der Waals surface area contributed by atoms with Gasteiger partial charge in [-0.2, -0.15) is 0 Å². The van der Waals surface area contributed by atoms with Gasteiger partial charge in [0.05, 0.1) is 18.8 Å². The van der Waals surface area contributed by atoms with Gasteiger partial charge in [-0.3, -0.25) is 9.59 Å². The predicted octanol–water partition coefficient (Wildman–Crippen LogP) is 1.36. The molecule has 6 nitrogen and oxygen atoms in total. The van der Waals surface area contributed by atoms with Crippen molar-refractivity contribution in [1.29, 1.82) is 0 Å². The standard InChI is InChI=1S/C16H13ClN2O4/c17-11-3-1-2-10(6-11)7-18-8-12(9-20)19-5-4-13(21)15(22)14(19)16(18)23/h1-6,8,20,22H,7,9H2. The summed E-state index contributed by atoms with van der Waals surface area (Å²) in [5, 5.41) is 20.0. The van der Waals surface area contributed by atoms with Gasteiger partial charge in [0.25, 0.3) is 5.56 Å². The summed E-state index contributed by atoms with van der Waals surface area (Å²) in [6.45, 7) is -0.153. The van der Waals surface area contributed by atoms with Crippen LogP contribution in [0, 0.1) is 0 Å². The lowest BCUT2D eigenvalue weighted by atomic mass is 10.2. The molecular weight excluding hydrogens is 320 g/mol. The number of aromatic hydroxyl groups is 1. The van der Waals surface area contributed by atoms with E-state index >= 15 is 0 Å². The second-order valence-corrected chi connectivity index (χ2v) is 5.53. The molecule has 3 rings (SSSR count). The molecular formula is C16H13ClN2O4. The average molecular weight is 333 g/mol. The van der Waals surface area contributed by atoms with Crippen LogP contribution in [-0.2, 0) is 13.2 Å². The Balaban J connectivity index is 2.26. The van der Waals surface area contributed by atoms with Crippen molar-refractivity contribution < 1.29 is 10.2 Å². The molecule has 2 N–H and O–H groups in total. The summed E-state index contributed by atoms with van der Waals surface area (Å²) in [6.07, 6.45) is 2.84. The lowest BCUT2D eigenvalue weighted by molar-refractivity contribution is 0.273. The summed E-state index contributed by atoms with van der Waals surface area (Å²) < 4.78 is 2.64. The Morgan fingerprint density at radius 2 is 1.96 bits per heavy atom. The van der Waals surface area contributed by atoms with Gasteiger partial charge in [-0.25, -0.2) is 0 Å². The van der Waals surface area contributed by atoms with Crippen molar-refractivity contribution in [3.05, 3.63) is 79.6 Å². The number of halogens is 1. The molecule has 0 aliphatic heterocycles. The van der Waals surface area contributed by atoms with Gasteiger partial charge in [0, 0.05) is 23.5 Å². The van der Waals surface area contributed by atoms with Crippen LogP contribution in [0.5, 0.6) is 5.75 Å². The zero-order chi connectivity index (χ0) is 16.6. The number of benzene rings is 1. The Morgan fingerprint density at radius 3 is 2.65 bits per heavy atom. The zero-order valence-electron chi connectivity index (χ0n) is 11.9. The van der Waals surface area contributed by atoms with Crippen LogP contribution in [0.1, 0.15) is 11.3 Å². The molecule has 0 unspecified atom stereocenters. The third-order valence-electron chi connectivity index (χ3n) is 3.56. The van der Waals surface area contributed by atoms with Crippen molar-refractivity contribution in [3.63, 3.8) is 0 Å². The molecule has 2 aromatic heterocycles. The number of pyridine rings is 1. The van der Waals surface area contributed by atoms with Crippen molar-refractivity contribution in [2.75, 3.05) is 0 Å². The summed E-state index contributed by atoms with van der Waals surface area (Å²) in [7, 11) is 0. The van der Waals surface area contributed by atoms with Crippen LogP contribution in [0.3, 0.4) is 0 Å². The number of rotatable bonds is 3. The Kier molecular flexibility index (Phi) is 3.94. The topological polar surface area (TPSA) is 83.9 Å². The monoisotopic (exact) mass is 332 g/mol. The lowest BCUT2D eigenvalue weighted by Gasteiger charge is -2.13. The average Bonchev–Trinajstić information content (AvgIpc) is 2.53. The van der Waals surface area contributed by atoms with E-state index in [1.807, 2.05) is 0 Å². The smallest absolute Gasteiger partial charge is 0.279 e. The van der Waals surface area contributed by atoms with Gasteiger partial charge >= 0.3 is 0 Å². The van der Waals surface area contributed by atoms with Gasteiger partial charge in [0.15, 0.2) is 11.3 Å². The first-order valence-corrected chi connectivity index (χ1v) is 7.21. The SMILES string of the molecule is O=c1ccn2c(CO)cn(Cc3cccc(Cl)c3)c(=O)c2c1O. The van der Waals surface area contributed by atoms with Gasteiger partial charge in [0.2, 0.25) is 5.43 Å². The van der Waals surface area contributed by atoms with Crippen LogP contribution in [-0.4, -0.2) is 19.2 Å². The van der Waals surface area contributed by atoms with E-state index in [0.717, 1.165) is 11.6 Å². The first kappa shape index (κ1) is 15.3. The third kappa shape index (κ3) is 2.74. The Morgan fingerprint density at radius 1 is 1.17 bits per heavy atom. The number of fused-ring (bicyclic) bond motifs is 1. The molecule has 0 bridgehead atoms. The van der Waals surface area contributed by atoms with E-state index in [1.165, 1.54) is 21.4 Å². The first-order chi connectivity index (χ1) is 11.0. The third-order valence-corrected chi connectivity index (χ3v) is 3.79. The first-order valence-electron chi connectivity index (χ1n) is 6.83. The summed E-state index contributed by atoms with van der Waals surface area (Å²) in [5.74, 6) is -0.632. The Labute approximate surface area is 135 Å². The molecule has 0 saturated carbocycles. The summed E-state index contributed by atoms with van der Waals surface area (Å²) in [4.78, 5) is 24.2. The fourth-order valence-electron chi connectivity index (χ4n) is 2.47. The molecule has 0 fully saturated rings. The molecule has 0 amide bonds. The molecule has 7 heteroatoms. The zero-order valence-corrected chi connectivity index (χ0v) is 12.7. The summed E-state index contributed by atoms with van der Waals surface area (Å²) in [6, 6.07) is 8.14. The Hall–Kier alpha value is -2.57. The van der Waals surface area contributed by atoms with E-state index < -0.39 is 16.7 Å². The quantitative estimate of drug-likeness (QED) is 0.758. The minimum absolute atomic E-state index is 0.161. The largest absolute Gasteiger partial charge is 0.503 e. The highest BCUT2D eigenvalue weighted by Gasteiger charge is 2.13. The molecule has 0 spiro atoms. The number of aliphatic hydroxyl groups excluding tert-OH is 1. The van der Waals surface area contributed by atoms with Crippen LogP contribution in [0.15, 0.2) is 52.3 Å². The van der Waals surface area contributed by atoms with Crippen molar-refractivity contribution in [2.45, 2.75) is 13.2 Å². The number of aliphatic hydroxyl groups is 1. The molecule has 0 aliphatic rings. The van der Waals surface area contributed by atoms with E-state index in [-0.39, 0.29) is 18.7 Å².